The van der Waals surface area contributed by atoms with Crippen molar-refractivity contribution in [2.24, 2.45) is 0 Å². The van der Waals surface area contributed by atoms with Crippen molar-refractivity contribution in [3.8, 4) is 0 Å². The molecule has 2 aromatic carbocycles. The highest BCUT2D eigenvalue weighted by molar-refractivity contribution is 7.91. The molecule has 1 atom stereocenters. The van der Waals surface area contributed by atoms with Gasteiger partial charge in [-0.3, -0.25) is 4.79 Å². The van der Waals surface area contributed by atoms with E-state index >= 15 is 0 Å². The van der Waals surface area contributed by atoms with Crippen molar-refractivity contribution < 1.29 is 13.2 Å². The van der Waals surface area contributed by atoms with Crippen LogP contribution in [0.25, 0.3) is 10.1 Å². The maximum Gasteiger partial charge on any atom is 0.266 e. The molecule has 0 saturated carbocycles. The molecule has 2 heterocycles. The van der Waals surface area contributed by atoms with Crippen LogP contribution in [-0.4, -0.2) is 36.8 Å². The maximum absolute atomic E-state index is 13.5. The summed E-state index contributed by atoms with van der Waals surface area (Å²) < 4.78 is 25.0. The van der Waals surface area contributed by atoms with E-state index in [1.807, 2.05) is 43.3 Å². The van der Waals surface area contributed by atoms with Crippen molar-refractivity contribution in [2.75, 3.05) is 11.5 Å². The molecule has 0 bridgehead atoms. The van der Waals surface area contributed by atoms with Gasteiger partial charge in [0.05, 0.1) is 21.6 Å². The van der Waals surface area contributed by atoms with Gasteiger partial charge in [-0.2, -0.15) is 0 Å². The van der Waals surface area contributed by atoms with Crippen LogP contribution < -0.4 is 0 Å². The van der Waals surface area contributed by atoms with Crippen LogP contribution in [0.5, 0.6) is 0 Å². The molecule has 0 radical (unpaired) electrons. The van der Waals surface area contributed by atoms with Crippen molar-refractivity contribution in [3.05, 3.63) is 68.5 Å². The Morgan fingerprint density at radius 1 is 1.17 bits per heavy atom. The molecule has 1 fully saturated rings. The van der Waals surface area contributed by atoms with Crippen molar-refractivity contribution in [2.45, 2.75) is 25.9 Å². The van der Waals surface area contributed by atoms with Crippen LogP contribution in [0, 0.1) is 6.92 Å². The number of carbonyl (C=O) groups is 1. The largest absolute Gasteiger partial charge is 0.330 e. The maximum atomic E-state index is 13.5. The quantitative estimate of drug-likeness (QED) is 0.519. The number of benzene rings is 2. The fraction of sp³-hybridized carbons (Fsp3) is 0.286. The summed E-state index contributed by atoms with van der Waals surface area (Å²) in [6.45, 7) is 2.33. The molecule has 3 aromatic rings. The second-order valence-electron chi connectivity index (χ2n) is 7.33. The average molecular weight is 468 g/mol. The Hall–Kier alpha value is -1.60. The summed E-state index contributed by atoms with van der Waals surface area (Å²) in [4.78, 5) is 15.6. The van der Waals surface area contributed by atoms with Crippen molar-refractivity contribution >= 4 is 60.4 Å². The van der Waals surface area contributed by atoms with Crippen LogP contribution in [0.3, 0.4) is 0 Å². The average Bonchev–Trinajstić information content (AvgIpc) is 3.21. The van der Waals surface area contributed by atoms with E-state index in [-0.39, 0.29) is 23.5 Å². The van der Waals surface area contributed by atoms with Crippen LogP contribution in [0.1, 0.15) is 27.2 Å². The van der Waals surface area contributed by atoms with Gasteiger partial charge in [-0.15, -0.1) is 11.3 Å². The van der Waals surface area contributed by atoms with Crippen LogP contribution >= 0.6 is 34.5 Å². The first-order valence-electron chi connectivity index (χ1n) is 9.18. The first-order valence-corrected chi connectivity index (χ1v) is 12.6. The van der Waals surface area contributed by atoms with Gasteiger partial charge in [0.2, 0.25) is 0 Å². The molecular formula is C21H19Cl2NO3S2. The Bertz CT molecular complexity index is 1190. The Kier molecular flexibility index (Phi) is 5.64. The summed E-state index contributed by atoms with van der Waals surface area (Å²) in [6.07, 6.45) is 0.434. The molecule has 0 N–H and O–H groups in total. The minimum Gasteiger partial charge on any atom is -0.330 e. The molecule has 8 heteroatoms. The lowest BCUT2D eigenvalue weighted by molar-refractivity contribution is 0.0686. The zero-order valence-electron chi connectivity index (χ0n) is 15.7. The predicted molar refractivity (Wildman–Crippen MR) is 120 cm³/mol. The predicted octanol–water partition coefficient (Wildman–Crippen LogP) is 5.35. The Labute approximate surface area is 184 Å². The highest BCUT2D eigenvalue weighted by Crippen LogP contribution is 2.40. The highest BCUT2D eigenvalue weighted by atomic mass is 35.5. The smallest absolute Gasteiger partial charge is 0.266 e. The van der Waals surface area contributed by atoms with Crippen molar-refractivity contribution in [3.63, 3.8) is 0 Å². The normalized spacial score (nSPS) is 18.2. The number of thiophene rings is 1. The molecule has 4 nitrogen and oxygen atoms in total. The highest BCUT2D eigenvalue weighted by Gasteiger charge is 2.36. The monoisotopic (exact) mass is 467 g/mol. The molecular weight excluding hydrogens is 449 g/mol. The van der Waals surface area contributed by atoms with Gasteiger partial charge in [0, 0.05) is 22.7 Å². The van der Waals surface area contributed by atoms with Gasteiger partial charge >= 0.3 is 0 Å². The zero-order valence-corrected chi connectivity index (χ0v) is 18.8. The van der Waals surface area contributed by atoms with Gasteiger partial charge in [0.1, 0.15) is 4.88 Å². The fourth-order valence-corrected chi connectivity index (χ4v) is 7.25. The lowest BCUT2D eigenvalue weighted by atomic mass is 10.1. The zero-order chi connectivity index (χ0) is 20.8. The fourth-order valence-electron chi connectivity index (χ4n) is 3.62. The number of aryl methyl sites for hydroxylation is 1. The summed E-state index contributed by atoms with van der Waals surface area (Å²) in [6, 6.07) is 12.9. The summed E-state index contributed by atoms with van der Waals surface area (Å²) >= 11 is 14.1. The number of hydrogen-bond acceptors (Lipinski definition) is 4. The lowest BCUT2D eigenvalue weighted by Crippen LogP contribution is -2.40. The molecule has 4 rings (SSSR count). The number of carbonyl (C=O) groups excluding carboxylic acids is 1. The van der Waals surface area contributed by atoms with Crippen molar-refractivity contribution in [1.29, 1.82) is 0 Å². The second-order valence-corrected chi connectivity index (χ2v) is 11.4. The van der Waals surface area contributed by atoms with E-state index in [2.05, 4.69) is 0 Å². The van der Waals surface area contributed by atoms with Gasteiger partial charge in [-0.1, -0.05) is 59.1 Å². The summed E-state index contributed by atoms with van der Waals surface area (Å²) in [5, 5.41) is 1.49. The van der Waals surface area contributed by atoms with Crippen molar-refractivity contribution in [1.82, 2.24) is 4.90 Å². The topological polar surface area (TPSA) is 54.5 Å². The number of amides is 1. The SMILES string of the molecule is Cc1ccc(CN(C(=O)c2sc3cccc(Cl)c3c2Cl)[C@@H]2CCS(=O)(=O)C2)cc1. The Balaban J connectivity index is 1.74. The summed E-state index contributed by atoms with van der Waals surface area (Å²) in [5.41, 5.74) is 2.07. The molecule has 0 unspecified atom stereocenters. The van der Waals surface area contributed by atoms with Gasteiger partial charge in [0.25, 0.3) is 5.91 Å². The molecule has 29 heavy (non-hydrogen) atoms. The first kappa shape index (κ1) is 20.7. The van der Waals surface area contributed by atoms with Gasteiger partial charge in [0.15, 0.2) is 9.84 Å². The summed E-state index contributed by atoms with van der Waals surface area (Å²) in [5.74, 6) is -0.176. The number of rotatable bonds is 4. The molecule has 1 aliphatic rings. The molecule has 0 spiro atoms. The molecule has 1 aromatic heterocycles. The van der Waals surface area contributed by atoms with E-state index < -0.39 is 9.84 Å². The Morgan fingerprint density at radius 3 is 2.52 bits per heavy atom. The summed E-state index contributed by atoms with van der Waals surface area (Å²) in [7, 11) is -3.14. The molecule has 1 amide bonds. The minimum atomic E-state index is -3.14. The number of hydrogen-bond donors (Lipinski definition) is 0. The van der Waals surface area contributed by atoms with E-state index in [4.69, 9.17) is 23.2 Å². The molecule has 152 valence electrons. The van der Waals surface area contributed by atoms with E-state index in [1.54, 1.807) is 11.0 Å². The number of nitrogens with zero attached hydrogens (tertiary/aromatic N) is 1. The van der Waals surface area contributed by atoms with E-state index in [1.165, 1.54) is 11.3 Å². The van der Waals surface area contributed by atoms with Crippen LogP contribution in [0.4, 0.5) is 0 Å². The third-order valence-electron chi connectivity index (χ3n) is 5.18. The number of halogens is 2. The van der Waals surface area contributed by atoms with Gasteiger partial charge in [-0.05, 0) is 31.0 Å². The van der Waals surface area contributed by atoms with Gasteiger partial charge in [-0.25, -0.2) is 8.42 Å². The van der Waals surface area contributed by atoms with Gasteiger partial charge < -0.3 is 4.90 Å². The first-order chi connectivity index (χ1) is 13.7. The van der Waals surface area contributed by atoms with Crippen LogP contribution in [-0.2, 0) is 16.4 Å². The van der Waals surface area contributed by atoms with E-state index in [0.717, 1.165) is 15.8 Å². The van der Waals surface area contributed by atoms with Crippen LogP contribution in [0.15, 0.2) is 42.5 Å². The number of fused-ring (bicyclic) bond motifs is 1. The lowest BCUT2D eigenvalue weighted by Gasteiger charge is -2.28. The third-order valence-corrected chi connectivity index (χ3v) is 8.88. The standard InChI is InChI=1S/C21H19Cl2NO3S2/c1-13-5-7-14(8-6-13)11-24(15-9-10-29(26,27)12-15)21(25)20-19(23)18-16(22)3-2-4-17(18)28-20/h2-8,15H,9-12H2,1H3/t15-/m1/s1. The molecule has 1 saturated heterocycles. The molecule has 0 aliphatic carbocycles. The van der Waals surface area contributed by atoms with E-state index in [9.17, 15) is 13.2 Å². The van der Waals surface area contributed by atoms with E-state index in [0.29, 0.717) is 33.3 Å². The number of sulfone groups is 1. The molecule has 1 aliphatic heterocycles. The van der Waals surface area contributed by atoms with Crippen LogP contribution in [0.2, 0.25) is 10.0 Å². The minimum absolute atomic E-state index is 0.0200. The second kappa shape index (κ2) is 7.91. The third kappa shape index (κ3) is 4.17. The Morgan fingerprint density at radius 2 is 1.90 bits per heavy atom.